The van der Waals surface area contributed by atoms with Gasteiger partial charge in [-0.05, 0) is 33.6 Å². The third-order valence-corrected chi connectivity index (χ3v) is 3.08. The highest BCUT2D eigenvalue weighted by atomic mass is 15.3. The van der Waals surface area contributed by atoms with Gasteiger partial charge in [0, 0.05) is 30.4 Å². The first-order valence-corrected chi connectivity index (χ1v) is 5.91. The maximum absolute atomic E-state index is 4.27. The van der Waals surface area contributed by atoms with Crippen LogP contribution in [0.25, 0.3) is 0 Å². The molecule has 3 heteroatoms. The first kappa shape index (κ1) is 13.0. The monoisotopic (exact) mass is 221 g/mol. The van der Waals surface area contributed by atoms with Crippen molar-refractivity contribution in [1.82, 2.24) is 15.1 Å². The number of aryl methyl sites for hydroxylation is 1. The second-order valence-corrected chi connectivity index (χ2v) is 4.46. The van der Waals surface area contributed by atoms with Gasteiger partial charge in [0.1, 0.15) is 0 Å². The third-order valence-electron chi connectivity index (χ3n) is 3.08. The van der Waals surface area contributed by atoms with Crippen LogP contribution >= 0.6 is 0 Å². The third kappa shape index (κ3) is 3.20. The lowest BCUT2D eigenvalue weighted by Crippen LogP contribution is -2.29. The van der Waals surface area contributed by atoms with E-state index >= 15 is 0 Å². The Balaban J connectivity index is 2.55. The van der Waals surface area contributed by atoms with Gasteiger partial charge in [0.2, 0.25) is 0 Å². The maximum Gasteiger partial charge on any atom is 0.0540 e. The minimum absolute atomic E-state index is 0.355. The summed E-state index contributed by atoms with van der Waals surface area (Å²) >= 11 is 0. The van der Waals surface area contributed by atoms with E-state index in [9.17, 15) is 0 Å². The largest absolute Gasteiger partial charge is 0.308 e. The van der Waals surface area contributed by atoms with Crippen molar-refractivity contribution in [3.8, 4) is 0 Å². The van der Waals surface area contributed by atoms with Crippen LogP contribution in [0.15, 0.2) is 18.9 Å². The van der Waals surface area contributed by atoms with Crippen LogP contribution in [0, 0.1) is 6.92 Å². The van der Waals surface area contributed by atoms with Crippen LogP contribution in [0.1, 0.15) is 44.0 Å². The fourth-order valence-corrected chi connectivity index (χ4v) is 1.91. The van der Waals surface area contributed by atoms with Crippen molar-refractivity contribution in [2.45, 2.75) is 45.7 Å². The minimum Gasteiger partial charge on any atom is -0.308 e. The molecule has 0 spiro atoms. The second kappa shape index (κ2) is 5.85. The number of allylic oxidation sites excluding steroid dienone is 1. The zero-order valence-electron chi connectivity index (χ0n) is 10.8. The van der Waals surface area contributed by atoms with Crippen LogP contribution in [0.2, 0.25) is 0 Å². The summed E-state index contributed by atoms with van der Waals surface area (Å²) in [5, 5.41) is 7.85. The molecule has 0 aliphatic carbocycles. The summed E-state index contributed by atoms with van der Waals surface area (Å²) < 4.78 is 1.92. The van der Waals surface area contributed by atoms with Crippen molar-refractivity contribution in [1.29, 1.82) is 0 Å². The molecule has 0 aliphatic rings. The van der Waals surface area contributed by atoms with Gasteiger partial charge >= 0.3 is 0 Å². The van der Waals surface area contributed by atoms with Crippen LogP contribution < -0.4 is 5.32 Å². The number of hydrogen-bond acceptors (Lipinski definition) is 2. The molecule has 2 atom stereocenters. The molecule has 1 N–H and O–H groups in total. The molecule has 0 fully saturated rings. The van der Waals surface area contributed by atoms with Gasteiger partial charge in [-0.2, -0.15) is 5.10 Å². The standard InChI is InChI=1S/C13H23N3/c1-6-7-8-10(2)15-11(3)13-9-14-16(5)12(13)4/h6,9-11,15H,1,7-8H2,2-5H3. The average Bonchev–Trinajstić information content (AvgIpc) is 2.57. The van der Waals surface area contributed by atoms with Crippen LogP contribution in [0.3, 0.4) is 0 Å². The summed E-state index contributed by atoms with van der Waals surface area (Å²) in [6.45, 7) is 10.3. The van der Waals surface area contributed by atoms with E-state index < -0.39 is 0 Å². The fraction of sp³-hybridized carbons (Fsp3) is 0.615. The summed E-state index contributed by atoms with van der Waals surface area (Å²) in [6.07, 6.45) is 6.12. The first-order valence-electron chi connectivity index (χ1n) is 5.91. The normalized spacial score (nSPS) is 14.8. The van der Waals surface area contributed by atoms with Crippen LogP contribution in [0.4, 0.5) is 0 Å². The summed E-state index contributed by atoms with van der Waals surface area (Å²) in [4.78, 5) is 0. The number of aromatic nitrogens is 2. The lowest BCUT2D eigenvalue weighted by molar-refractivity contribution is 0.457. The maximum atomic E-state index is 4.27. The summed E-state index contributed by atoms with van der Waals surface area (Å²) in [7, 11) is 1.98. The Morgan fingerprint density at radius 3 is 2.75 bits per heavy atom. The molecule has 16 heavy (non-hydrogen) atoms. The van der Waals surface area contributed by atoms with Gasteiger partial charge in [-0.1, -0.05) is 6.08 Å². The lowest BCUT2D eigenvalue weighted by Gasteiger charge is -2.19. The predicted molar refractivity (Wildman–Crippen MR) is 68.4 cm³/mol. The first-order chi connectivity index (χ1) is 7.56. The van der Waals surface area contributed by atoms with Crippen molar-refractivity contribution in [2.75, 3.05) is 0 Å². The minimum atomic E-state index is 0.355. The van der Waals surface area contributed by atoms with E-state index in [1.54, 1.807) is 0 Å². The number of hydrogen-bond donors (Lipinski definition) is 1. The SMILES string of the molecule is C=CCCC(C)NC(C)c1cnn(C)c1C. The predicted octanol–water partition coefficient (Wildman–Crippen LogP) is 2.73. The molecule has 0 aliphatic heterocycles. The highest BCUT2D eigenvalue weighted by molar-refractivity contribution is 5.19. The molecule has 0 aromatic carbocycles. The van der Waals surface area contributed by atoms with E-state index in [2.05, 4.69) is 37.8 Å². The Bertz CT molecular complexity index is 341. The molecule has 1 rings (SSSR count). The quantitative estimate of drug-likeness (QED) is 0.749. The van der Waals surface area contributed by atoms with E-state index in [1.165, 1.54) is 11.3 Å². The Morgan fingerprint density at radius 1 is 1.56 bits per heavy atom. The van der Waals surface area contributed by atoms with E-state index in [1.807, 2.05) is 24.0 Å². The van der Waals surface area contributed by atoms with Gasteiger partial charge in [-0.25, -0.2) is 0 Å². The zero-order valence-corrected chi connectivity index (χ0v) is 10.8. The van der Waals surface area contributed by atoms with Crippen LogP contribution in [-0.2, 0) is 7.05 Å². The molecule has 3 nitrogen and oxygen atoms in total. The Labute approximate surface area is 98.5 Å². The van der Waals surface area contributed by atoms with E-state index in [0.717, 1.165) is 12.8 Å². The Kier molecular flexibility index (Phi) is 4.74. The van der Waals surface area contributed by atoms with Gasteiger partial charge in [-0.3, -0.25) is 4.68 Å². The second-order valence-electron chi connectivity index (χ2n) is 4.46. The Hall–Kier alpha value is -1.09. The molecule has 0 saturated heterocycles. The molecule has 2 unspecified atom stereocenters. The van der Waals surface area contributed by atoms with Crippen molar-refractivity contribution in [2.24, 2.45) is 7.05 Å². The van der Waals surface area contributed by atoms with Gasteiger partial charge in [0.15, 0.2) is 0 Å². The molecule has 0 saturated carbocycles. The smallest absolute Gasteiger partial charge is 0.0540 e. The lowest BCUT2D eigenvalue weighted by atomic mass is 10.1. The van der Waals surface area contributed by atoms with E-state index in [-0.39, 0.29) is 0 Å². The van der Waals surface area contributed by atoms with Crippen molar-refractivity contribution < 1.29 is 0 Å². The van der Waals surface area contributed by atoms with E-state index in [4.69, 9.17) is 0 Å². The van der Waals surface area contributed by atoms with Gasteiger partial charge in [0.05, 0.1) is 6.20 Å². The topological polar surface area (TPSA) is 29.9 Å². The zero-order chi connectivity index (χ0) is 12.1. The molecule has 90 valence electrons. The van der Waals surface area contributed by atoms with Crippen LogP contribution in [-0.4, -0.2) is 15.8 Å². The molecule has 1 aromatic heterocycles. The van der Waals surface area contributed by atoms with Gasteiger partial charge < -0.3 is 5.32 Å². The van der Waals surface area contributed by atoms with Crippen molar-refractivity contribution >= 4 is 0 Å². The van der Waals surface area contributed by atoms with E-state index in [0.29, 0.717) is 12.1 Å². The number of rotatable bonds is 6. The molecule has 0 radical (unpaired) electrons. The molecular weight excluding hydrogens is 198 g/mol. The molecule has 0 amide bonds. The summed E-state index contributed by atoms with van der Waals surface area (Å²) in [5.41, 5.74) is 2.52. The highest BCUT2D eigenvalue weighted by Crippen LogP contribution is 2.17. The van der Waals surface area contributed by atoms with Crippen molar-refractivity contribution in [3.05, 3.63) is 30.1 Å². The van der Waals surface area contributed by atoms with Crippen molar-refractivity contribution in [3.63, 3.8) is 0 Å². The molecule has 0 bridgehead atoms. The van der Waals surface area contributed by atoms with Gasteiger partial charge in [-0.15, -0.1) is 6.58 Å². The summed E-state index contributed by atoms with van der Waals surface area (Å²) in [5.74, 6) is 0. The highest BCUT2D eigenvalue weighted by Gasteiger charge is 2.13. The number of nitrogens with zero attached hydrogens (tertiary/aromatic N) is 2. The van der Waals surface area contributed by atoms with Crippen LogP contribution in [0.5, 0.6) is 0 Å². The Morgan fingerprint density at radius 2 is 2.25 bits per heavy atom. The summed E-state index contributed by atoms with van der Waals surface area (Å²) in [6, 6.07) is 0.862. The molecule has 1 aromatic rings. The molecule has 1 heterocycles. The number of nitrogens with one attached hydrogen (secondary N) is 1. The fourth-order valence-electron chi connectivity index (χ4n) is 1.91. The molecular formula is C13H23N3. The van der Waals surface area contributed by atoms with Gasteiger partial charge in [0.25, 0.3) is 0 Å². The average molecular weight is 221 g/mol.